The average Bonchev–Trinajstić information content (AvgIpc) is 3.09. The van der Waals surface area contributed by atoms with E-state index in [1.165, 1.54) is 0 Å². The van der Waals surface area contributed by atoms with Crippen LogP contribution in [0.2, 0.25) is 0 Å². The average molecular weight is 356 g/mol. The van der Waals surface area contributed by atoms with Crippen LogP contribution in [-0.4, -0.2) is 11.1 Å². The van der Waals surface area contributed by atoms with Gasteiger partial charge in [0.15, 0.2) is 5.13 Å². The van der Waals surface area contributed by atoms with E-state index in [1.807, 2.05) is 18.2 Å². The zero-order valence-electron chi connectivity index (χ0n) is 12.3. The van der Waals surface area contributed by atoms with Crippen molar-refractivity contribution in [3.63, 3.8) is 0 Å². The number of thiazole rings is 1. The number of para-hydroxylation sites is 1. The summed E-state index contributed by atoms with van der Waals surface area (Å²) in [5.74, 6) is 0.609. The number of furan rings is 1. The summed E-state index contributed by atoms with van der Waals surface area (Å²) in [6.07, 6.45) is -4.72. The molecule has 1 aromatic carbocycles. The van der Waals surface area contributed by atoms with Crippen molar-refractivity contribution >= 4 is 33.5 Å². The lowest BCUT2D eigenvalue weighted by Crippen LogP contribution is -2.13. The van der Waals surface area contributed by atoms with E-state index in [4.69, 9.17) is 9.15 Å². The molecule has 126 valence electrons. The fourth-order valence-electron chi connectivity index (χ4n) is 2.12. The number of ether oxygens (including phenoxy) is 1. The van der Waals surface area contributed by atoms with Gasteiger partial charge in [0.2, 0.25) is 0 Å². The van der Waals surface area contributed by atoms with E-state index in [-0.39, 0.29) is 11.7 Å². The van der Waals surface area contributed by atoms with Gasteiger partial charge in [0.1, 0.15) is 22.8 Å². The molecule has 3 aromatic rings. The van der Waals surface area contributed by atoms with Crippen molar-refractivity contribution in [1.82, 2.24) is 4.98 Å². The van der Waals surface area contributed by atoms with E-state index in [2.05, 4.69) is 10.3 Å². The first kappa shape index (κ1) is 16.3. The zero-order chi connectivity index (χ0) is 17.3. The summed E-state index contributed by atoms with van der Waals surface area (Å²) in [4.78, 5) is 14.3. The van der Waals surface area contributed by atoms with Crippen molar-refractivity contribution in [3.8, 4) is 0 Å². The summed E-state index contributed by atoms with van der Waals surface area (Å²) in [5.41, 5.74) is 1.37. The lowest BCUT2D eigenvalue weighted by Gasteiger charge is -2.04. The van der Waals surface area contributed by atoms with Gasteiger partial charge in [-0.15, -0.1) is 0 Å². The third kappa shape index (κ3) is 3.35. The number of alkyl halides is 3. The Hall–Kier alpha value is -2.55. The molecular formula is C15H11F3N2O3S. The smallest absolute Gasteiger partial charge is 0.427 e. The van der Waals surface area contributed by atoms with Gasteiger partial charge in [-0.25, -0.2) is 9.78 Å². The van der Waals surface area contributed by atoms with Gasteiger partial charge >= 0.3 is 12.3 Å². The molecule has 0 aliphatic carbocycles. The fraction of sp³-hybridized carbons (Fsp3) is 0.200. The fourth-order valence-corrected chi connectivity index (χ4v) is 2.79. The first-order chi connectivity index (χ1) is 11.3. The van der Waals surface area contributed by atoms with Gasteiger partial charge < -0.3 is 9.15 Å². The number of fused-ring (bicyclic) bond motifs is 1. The maximum absolute atomic E-state index is 12.5. The number of benzene rings is 1. The number of aryl methyl sites for hydroxylation is 1. The lowest BCUT2D eigenvalue weighted by molar-refractivity contribution is -0.134. The maximum Gasteiger partial charge on any atom is 0.427 e. The number of rotatable bonds is 3. The Kier molecular flexibility index (Phi) is 4.18. The van der Waals surface area contributed by atoms with Gasteiger partial charge in [0.05, 0.1) is 6.20 Å². The number of hydrogen-bond donors (Lipinski definition) is 1. The van der Waals surface area contributed by atoms with Crippen molar-refractivity contribution in [2.75, 3.05) is 5.32 Å². The third-order valence-electron chi connectivity index (χ3n) is 3.24. The standard InChI is InChI=1S/C15H11F3N2O3S/c1-8-10(9-4-2-3-5-11(9)23-8)7-22-14(21)20-13-19-6-12(24-13)15(16,17)18/h2-6H,7H2,1H3,(H,19,20,21). The summed E-state index contributed by atoms with van der Waals surface area (Å²) in [6, 6.07) is 7.28. The Morgan fingerprint density at radius 1 is 1.38 bits per heavy atom. The molecule has 3 rings (SSSR count). The SMILES string of the molecule is Cc1oc2ccccc2c1COC(=O)Nc1ncc(C(F)(F)F)s1. The van der Waals surface area contributed by atoms with Gasteiger partial charge in [0, 0.05) is 10.9 Å². The van der Waals surface area contributed by atoms with Crippen LogP contribution in [-0.2, 0) is 17.5 Å². The highest BCUT2D eigenvalue weighted by Gasteiger charge is 2.33. The number of carbonyl (C=O) groups excluding carboxylic acids is 1. The molecule has 1 amide bonds. The minimum absolute atomic E-state index is 0.0633. The van der Waals surface area contributed by atoms with Crippen LogP contribution in [0.4, 0.5) is 23.1 Å². The van der Waals surface area contributed by atoms with Gasteiger partial charge in [-0.05, 0) is 13.0 Å². The van der Waals surface area contributed by atoms with E-state index < -0.39 is 17.1 Å². The number of nitrogens with zero attached hydrogens (tertiary/aromatic N) is 1. The monoisotopic (exact) mass is 356 g/mol. The Labute approximate surface area is 138 Å². The minimum Gasteiger partial charge on any atom is -0.461 e. The first-order valence-corrected chi connectivity index (χ1v) is 7.60. The second-order valence-electron chi connectivity index (χ2n) is 4.86. The Balaban J connectivity index is 1.65. The van der Waals surface area contributed by atoms with Gasteiger partial charge in [-0.3, -0.25) is 5.32 Å². The maximum atomic E-state index is 12.5. The van der Waals surface area contributed by atoms with E-state index in [1.54, 1.807) is 13.0 Å². The Bertz CT molecular complexity index is 886. The molecule has 2 heterocycles. The second kappa shape index (κ2) is 6.16. The first-order valence-electron chi connectivity index (χ1n) is 6.78. The van der Waals surface area contributed by atoms with Crippen LogP contribution >= 0.6 is 11.3 Å². The van der Waals surface area contributed by atoms with Crippen molar-refractivity contribution in [2.24, 2.45) is 0 Å². The summed E-state index contributed by atoms with van der Waals surface area (Å²) in [6.45, 7) is 1.68. The molecule has 1 N–H and O–H groups in total. The topological polar surface area (TPSA) is 64.4 Å². The number of nitrogens with one attached hydrogen (secondary N) is 1. The normalized spacial score (nSPS) is 11.7. The second-order valence-corrected chi connectivity index (χ2v) is 5.89. The van der Waals surface area contributed by atoms with Crippen LogP contribution in [0.1, 0.15) is 16.2 Å². The molecule has 5 nitrogen and oxygen atoms in total. The predicted octanol–water partition coefficient (Wildman–Crippen LogP) is 4.97. The molecular weight excluding hydrogens is 345 g/mol. The quantitative estimate of drug-likeness (QED) is 0.720. The number of hydrogen-bond acceptors (Lipinski definition) is 5. The van der Waals surface area contributed by atoms with Crippen LogP contribution in [0.15, 0.2) is 34.9 Å². The minimum atomic E-state index is -4.49. The van der Waals surface area contributed by atoms with Crippen molar-refractivity contribution in [3.05, 3.63) is 46.7 Å². The van der Waals surface area contributed by atoms with Crippen molar-refractivity contribution in [2.45, 2.75) is 19.7 Å². The molecule has 0 unspecified atom stereocenters. The number of halogens is 3. The number of anilines is 1. The summed E-state index contributed by atoms with van der Waals surface area (Å²) < 4.78 is 48.0. The van der Waals surface area contributed by atoms with Crippen molar-refractivity contribution < 1.29 is 27.1 Å². The molecule has 0 radical (unpaired) electrons. The number of aromatic nitrogens is 1. The van der Waals surface area contributed by atoms with Gasteiger partial charge in [-0.1, -0.05) is 29.5 Å². The van der Waals surface area contributed by atoms with Gasteiger partial charge in [-0.2, -0.15) is 13.2 Å². The summed E-state index contributed by atoms with van der Waals surface area (Å²) in [5, 5.41) is 2.82. The Morgan fingerprint density at radius 2 is 2.12 bits per heavy atom. The largest absolute Gasteiger partial charge is 0.461 e. The molecule has 0 atom stereocenters. The molecule has 0 saturated heterocycles. The summed E-state index contributed by atoms with van der Waals surface area (Å²) >= 11 is 0.331. The predicted molar refractivity (Wildman–Crippen MR) is 81.9 cm³/mol. The molecule has 0 aliphatic heterocycles. The van der Waals surface area contributed by atoms with Crippen molar-refractivity contribution in [1.29, 1.82) is 0 Å². The van der Waals surface area contributed by atoms with E-state index in [9.17, 15) is 18.0 Å². The van der Waals surface area contributed by atoms with Crippen LogP contribution in [0, 0.1) is 6.92 Å². The molecule has 0 fully saturated rings. The lowest BCUT2D eigenvalue weighted by atomic mass is 10.1. The molecule has 0 spiro atoms. The zero-order valence-corrected chi connectivity index (χ0v) is 13.1. The van der Waals surface area contributed by atoms with E-state index >= 15 is 0 Å². The highest BCUT2D eigenvalue weighted by molar-refractivity contribution is 7.15. The van der Waals surface area contributed by atoms with Crippen LogP contribution in [0.3, 0.4) is 0 Å². The molecule has 0 aliphatic rings. The van der Waals surface area contributed by atoms with E-state index in [0.29, 0.717) is 34.4 Å². The van der Waals surface area contributed by atoms with Crippen LogP contribution in [0.5, 0.6) is 0 Å². The number of carbonyl (C=O) groups is 1. The third-order valence-corrected chi connectivity index (χ3v) is 4.20. The van der Waals surface area contributed by atoms with Crippen LogP contribution < -0.4 is 5.32 Å². The Morgan fingerprint density at radius 3 is 2.83 bits per heavy atom. The molecule has 2 aromatic heterocycles. The highest BCUT2D eigenvalue weighted by Crippen LogP contribution is 2.35. The molecule has 0 bridgehead atoms. The molecule has 24 heavy (non-hydrogen) atoms. The number of amides is 1. The molecule has 9 heteroatoms. The van der Waals surface area contributed by atoms with Gasteiger partial charge in [0.25, 0.3) is 0 Å². The highest BCUT2D eigenvalue weighted by atomic mass is 32.1. The molecule has 0 saturated carbocycles. The van der Waals surface area contributed by atoms with Crippen LogP contribution in [0.25, 0.3) is 11.0 Å². The van der Waals surface area contributed by atoms with E-state index in [0.717, 1.165) is 5.39 Å². The summed E-state index contributed by atoms with van der Waals surface area (Å²) in [7, 11) is 0.